The van der Waals surface area contributed by atoms with E-state index in [2.05, 4.69) is 134 Å². The van der Waals surface area contributed by atoms with Crippen LogP contribution < -0.4 is 116 Å². The molecule has 0 radical (unpaired) electrons. The zero-order valence-electron chi connectivity index (χ0n) is 30.5. The first kappa shape index (κ1) is 49.2. The van der Waals surface area contributed by atoms with E-state index >= 15 is 0 Å². The fourth-order valence-corrected chi connectivity index (χ4v) is 21.0. The monoisotopic (exact) mass is 746 g/mol. The van der Waals surface area contributed by atoms with E-state index in [9.17, 15) is 0 Å². The van der Waals surface area contributed by atoms with Gasteiger partial charge in [0.15, 0.2) is 0 Å². The van der Waals surface area contributed by atoms with Crippen LogP contribution >= 0.6 is 0 Å². The van der Waals surface area contributed by atoms with Gasteiger partial charge in [-0.3, -0.25) is 0 Å². The molecule has 2 aliphatic heterocycles. The summed E-state index contributed by atoms with van der Waals surface area (Å²) in [5.41, 5.74) is 0.514. The molecule has 0 aromatic rings. The maximum atomic E-state index is 5.74. The van der Waals surface area contributed by atoms with Crippen LogP contribution in [0.15, 0.2) is 0 Å². The molecule has 2 saturated heterocycles. The molecule has 0 aliphatic carbocycles. The van der Waals surface area contributed by atoms with Crippen LogP contribution in [-0.4, -0.2) is 55.3 Å². The molecule has 0 unspecified atom stereocenters. The average molecular weight is 748 g/mol. The van der Waals surface area contributed by atoms with Crippen molar-refractivity contribution in [2.24, 2.45) is 0 Å². The van der Waals surface area contributed by atoms with E-state index in [0.717, 1.165) is 0 Å². The quantitative estimate of drug-likeness (QED) is 0.390. The molecule has 2 heterocycles. The predicted octanol–water partition coefficient (Wildman–Crippen LogP) is 4.78. The molecule has 0 aromatic carbocycles. The third kappa shape index (κ3) is 34.8. The van der Waals surface area contributed by atoms with Gasteiger partial charge in [-0.1, -0.05) is 112 Å². The minimum absolute atomic E-state index is 0. The van der Waals surface area contributed by atoms with Crippen molar-refractivity contribution in [1.82, 2.24) is 0 Å². The molecule has 4 nitrogen and oxygen atoms in total. The number of nitrogens with zero attached hydrogens (tertiary/aromatic N) is 2. The molecule has 10 heteroatoms. The summed E-state index contributed by atoms with van der Waals surface area (Å²) in [6, 6.07) is 0. The van der Waals surface area contributed by atoms with Crippen LogP contribution in [0, 0.1) is 0 Å². The van der Waals surface area contributed by atoms with Crippen LogP contribution in [0.1, 0.15) is 81.1 Å². The molecule has 0 aromatic heterocycles. The number of rotatable bonds is 4. The molecule has 38 heavy (non-hydrogen) atoms. The smallest absolute Gasteiger partial charge is 0.668 e. The van der Waals surface area contributed by atoms with Crippen LogP contribution in [0.5, 0.6) is 0 Å². The molecule has 2 fully saturated rings. The second-order valence-corrected chi connectivity index (χ2v) is 36.3. The standard InChI is InChI=1S/2C8H16O.2C6H18NSi2.2Rb/c2*1-7(2)5-6-8(3,4)9-7;2*1-8(2,3)7-9(4,5)6;;/h2*5-6H2,1-4H3;2*1-6H3;;/q;;2*-1;2*+1. The predicted molar refractivity (Wildman–Crippen MR) is 177 cm³/mol. The number of ether oxygens (including phenoxy) is 2. The molecule has 220 valence electrons. The number of hydrogen-bond acceptors (Lipinski definition) is 2. The largest absolute Gasteiger partial charge is 1.00 e. The van der Waals surface area contributed by atoms with Crippen LogP contribution in [0.4, 0.5) is 0 Å². The van der Waals surface area contributed by atoms with Crippen molar-refractivity contribution >= 4 is 32.9 Å². The van der Waals surface area contributed by atoms with E-state index in [1.165, 1.54) is 25.7 Å². The summed E-state index contributed by atoms with van der Waals surface area (Å²) < 4.78 is 21.1. The Morgan fingerprint density at radius 1 is 0.368 bits per heavy atom. The Morgan fingerprint density at radius 3 is 0.526 bits per heavy atom. The fraction of sp³-hybridized carbons (Fsp3) is 1.00. The molecule has 2 aliphatic rings. The fourth-order valence-electron chi connectivity index (χ4n) is 4.92. The van der Waals surface area contributed by atoms with Gasteiger partial charge >= 0.3 is 116 Å². The van der Waals surface area contributed by atoms with Crippen LogP contribution in [0.3, 0.4) is 0 Å². The Bertz CT molecular complexity index is 539. The van der Waals surface area contributed by atoms with Crippen molar-refractivity contribution in [2.45, 2.75) is 182 Å². The number of hydrogen-bond donors (Lipinski definition) is 0. The first-order valence-corrected chi connectivity index (χ1v) is 27.9. The van der Waals surface area contributed by atoms with Gasteiger partial charge < -0.3 is 18.8 Å². The topological polar surface area (TPSA) is 46.7 Å². The van der Waals surface area contributed by atoms with Crippen molar-refractivity contribution in [3.05, 3.63) is 9.30 Å². The molecule has 0 saturated carbocycles. The van der Waals surface area contributed by atoms with Crippen molar-refractivity contribution in [3.63, 3.8) is 0 Å². The Labute approximate surface area is 343 Å². The van der Waals surface area contributed by atoms with Gasteiger partial charge in [0.05, 0.1) is 22.4 Å². The summed E-state index contributed by atoms with van der Waals surface area (Å²) in [5, 5.41) is 0. The molecular weight excluding hydrogens is 680 g/mol. The molecule has 0 bridgehead atoms. The summed E-state index contributed by atoms with van der Waals surface area (Å²) in [6.45, 7) is 44.8. The first-order chi connectivity index (χ1) is 15.2. The minimum Gasteiger partial charge on any atom is -0.668 e. The second kappa shape index (κ2) is 18.5. The van der Waals surface area contributed by atoms with Crippen LogP contribution in [0.25, 0.3) is 9.30 Å². The maximum Gasteiger partial charge on any atom is 1.00 e. The Balaban J connectivity index is -0.000000199. The van der Waals surface area contributed by atoms with E-state index in [4.69, 9.17) is 18.8 Å². The van der Waals surface area contributed by atoms with Gasteiger partial charge in [0.25, 0.3) is 0 Å². The van der Waals surface area contributed by atoms with Gasteiger partial charge in [-0.15, -0.1) is 0 Å². The summed E-state index contributed by atoms with van der Waals surface area (Å²) in [5.74, 6) is 0. The first-order valence-electron chi connectivity index (χ1n) is 14.1. The Kier molecular flexibility index (Phi) is 23.9. The zero-order chi connectivity index (χ0) is 29.7. The van der Waals surface area contributed by atoms with Gasteiger partial charge in [-0.25, -0.2) is 0 Å². The van der Waals surface area contributed by atoms with E-state index in [1.807, 2.05) is 0 Å². The van der Waals surface area contributed by atoms with Crippen LogP contribution in [-0.2, 0) is 9.47 Å². The third-order valence-corrected chi connectivity index (χ3v) is 15.8. The SMILES string of the molecule is CC1(C)CCC(C)(C)O1.CC1(C)CCC(C)(C)O1.C[Si](C)(C)[N-][Si](C)(C)C.C[Si](C)(C)[N-][Si](C)(C)C.[Rb+].[Rb+]. The average Bonchev–Trinajstić information content (AvgIpc) is 2.85. The minimum atomic E-state index is -1.11. The van der Waals surface area contributed by atoms with Gasteiger partial charge in [0.2, 0.25) is 0 Å². The molecule has 0 atom stereocenters. The van der Waals surface area contributed by atoms with Gasteiger partial charge in [-0.05, 0) is 81.1 Å². The van der Waals surface area contributed by atoms with E-state index in [0.29, 0.717) is 0 Å². The Morgan fingerprint density at radius 2 is 0.500 bits per heavy atom. The molecule has 0 amide bonds. The van der Waals surface area contributed by atoms with E-state index in [1.54, 1.807) is 0 Å². The van der Waals surface area contributed by atoms with Crippen molar-refractivity contribution in [1.29, 1.82) is 0 Å². The van der Waals surface area contributed by atoms with Gasteiger partial charge in [0.1, 0.15) is 0 Å². The summed E-state index contributed by atoms with van der Waals surface area (Å²) >= 11 is 0. The summed E-state index contributed by atoms with van der Waals surface area (Å²) in [4.78, 5) is 0. The summed E-state index contributed by atoms with van der Waals surface area (Å²) in [7, 11) is -4.42. The third-order valence-electron chi connectivity index (χ3n) is 5.11. The normalized spacial score (nSPS) is 21.2. The second-order valence-electron chi connectivity index (χ2n) is 17.1. The van der Waals surface area contributed by atoms with Crippen molar-refractivity contribution in [2.75, 3.05) is 0 Å². The molecular formula is C28H68N2O2Rb2Si4. The summed E-state index contributed by atoms with van der Waals surface area (Å²) in [6.07, 6.45) is 4.78. The molecule has 0 N–H and O–H groups in total. The van der Waals surface area contributed by atoms with Crippen molar-refractivity contribution in [3.8, 4) is 0 Å². The van der Waals surface area contributed by atoms with Gasteiger partial charge in [-0.2, -0.15) is 0 Å². The zero-order valence-corrected chi connectivity index (χ0v) is 44.4. The van der Waals surface area contributed by atoms with Crippen LogP contribution in [0.2, 0.25) is 78.6 Å². The maximum absolute atomic E-state index is 5.74. The Hall–Kier alpha value is 4.32. The van der Waals surface area contributed by atoms with E-state index in [-0.39, 0.29) is 139 Å². The molecule has 2 rings (SSSR count). The molecule has 0 spiro atoms. The van der Waals surface area contributed by atoms with Gasteiger partial charge in [0, 0.05) is 0 Å². The van der Waals surface area contributed by atoms with Crippen molar-refractivity contribution < 1.29 is 126 Å². The van der Waals surface area contributed by atoms with E-state index < -0.39 is 32.9 Å².